The van der Waals surface area contributed by atoms with Gasteiger partial charge in [0.05, 0.1) is 12.1 Å². The number of nitrogens with two attached hydrogens (primary N) is 1. The molecule has 1 aromatic carbocycles. The number of piperidine rings is 1. The maximum Gasteiger partial charge on any atom is 0.146 e. The maximum absolute atomic E-state index is 12.2. The molecule has 1 aliphatic heterocycles. The molecule has 0 spiro atoms. The number of hydrogen-bond donors (Lipinski definition) is 2. The summed E-state index contributed by atoms with van der Waals surface area (Å²) < 4.78 is 0. The first-order valence-corrected chi connectivity index (χ1v) is 9.76. The second-order valence-corrected chi connectivity index (χ2v) is 8.04. The van der Waals surface area contributed by atoms with E-state index in [4.69, 9.17) is 5.73 Å². The van der Waals surface area contributed by atoms with E-state index >= 15 is 0 Å². The van der Waals surface area contributed by atoms with E-state index in [2.05, 4.69) is 4.90 Å². The number of Topliss-reactive ketones (excluding diaryl/α,β-unsaturated/α-hetero) is 1. The molecule has 2 aliphatic rings. The number of rotatable bonds is 6. The molecule has 4 heteroatoms. The molecule has 138 valence electrons. The standard InChI is InChI=1S/C21H32N2O2/c1-15(24)20-12-17-9-5-6-10-18(17)13-23(20)14-21(25)19(22)11-16-7-3-2-4-8-16/h2-4,7-8,17-21,25H,5-6,9-14,22H2,1H3/t17-,18+,19+,20+,21-/m1/s1. The quantitative estimate of drug-likeness (QED) is 0.831. The Morgan fingerprint density at radius 3 is 2.60 bits per heavy atom. The van der Waals surface area contributed by atoms with Crippen LogP contribution in [0, 0.1) is 11.8 Å². The Kier molecular flexibility index (Phi) is 6.26. The van der Waals surface area contributed by atoms with E-state index < -0.39 is 6.10 Å². The third kappa shape index (κ3) is 4.69. The van der Waals surface area contributed by atoms with Crippen molar-refractivity contribution >= 4 is 5.78 Å². The summed E-state index contributed by atoms with van der Waals surface area (Å²) in [5.74, 6) is 1.60. The number of fused-ring (bicyclic) bond motifs is 1. The van der Waals surface area contributed by atoms with Gasteiger partial charge in [-0.3, -0.25) is 9.69 Å². The summed E-state index contributed by atoms with van der Waals surface area (Å²) >= 11 is 0. The van der Waals surface area contributed by atoms with Gasteiger partial charge in [-0.1, -0.05) is 49.6 Å². The summed E-state index contributed by atoms with van der Waals surface area (Å²) in [5.41, 5.74) is 7.40. The van der Waals surface area contributed by atoms with Gasteiger partial charge in [0.2, 0.25) is 0 Å². The molecule has 4 nitrogen and oxygen atoms in total. The van der Waals surface area contributed by atoms with Crippen LogP contribution in [-0.4, -0.2) is 47.1 Å². The van der Waals surface area contributed by atoms with E-state index in [1.165, 1.54) is 25.7 Å². The van der Waals surface area contributed by atoms with Gasteiger partial charge >= 0.3 is 0 Å². The number of likely N-dealkylation sites (tertiary alicyclic amines) is 1. The Hall–Kier alpha value is -1.23. The topological polar surface area (TPSA) is 66.6 Å². The van der Waals surface area contributed by atoms with Gasteiger partial charge in [0.1, 0.15) is 5.78 Å². The highest BCUT2D eigenvalue weighted by molar-refractivity contribution is 5.81. The molecule has 5 atom stereocenters. The van der Waals surface area contributed by atoms with Gasteiger partial charge in [0.15, 0.2) is 0 Å². The number of carbonyl (C=O) groups excluding carboxylic acids is 1. The minimum absolute atomic E-state index is 0.0436. The molecule has 0 aromatic heterocycles. The lowest BCUT2D eigenvalue weighted by molar-refractivity contribution is -0.126. The van der Waals surface area contributed by atoms with Crippen LogP contribution in [0.1, 0.15) is 44.6 Å². The molecule has 2 fully saturated rings. The number of β-amino-alcohol motifs (C(OH)–C–C–N with tert-alkyl or cyclic N) is 1. The van der Waals surface area contributed by atoms with Crippen LogP contribution in [0.5, 0.6) is 0 Å². The summed E-state index contributed by atoms with van der Waals surface area (Å²) in [7, 11) is 0. The Morgan fingerprint density at radius 2 is 1.92 bits per heavy atom. The van der Waals surface area contributed by atoms with Crippen molar-refractivity contribution in [3.63, 3.8) is 0 Å². The fourth-order valence-corrected chi connectivity index (χ4v) is 4.72. The van der Waals surface area contributed by atoms with Gasteiger partial charge < -0.3 is 10.8 Å². The minimum Gasteiger partial charge on any atom is -0.390 e. The monoisotopic (exact) mass is 344 g/mol. The number of nitrogens with zero attached hydrogens (tertiary/aromatic N) is 1. The van der Waals surface area contributed by atoms with Crippen LogP contribution in [0.4, 0.5) is 0 Å². The molecular weight excluding hydrogens is 312 g/mol. The Labute approximate surface area is 151 Å². The number of aliphatic hydroxyl groups is 1. The zero-order chi connectivity index (χ0) is 17.8. The summed E-state index contributed by atoms with van der Waals surface area (Å²) in [6, 6.07) is 9.70. The normalized spacial score (nSPS) is 29.6. The van der Waals surface area contributed by atoms with Crippen molar-refractivity contribution < 1.29 is 9.90 Å². The van der Waals surface area contributed by atoms with Crippen molar-refractivity contribution in [2.24, 2.45) is 17.6 Å². The van der Waals surface area contributed by atoms with Crippen LogP contribution in [0.15, 0.2) is 30.3 Å². The van der Waals surface area contributed by atoms with Crippen LogP contribution < -0.4 is 5.73 Å². The average Bonchev–Trinajstić information content (AvgIpc) is 2.61. The van der Waals surface area contributed by atoms with Gasteiger partial charge in [-0.15, -0.1) is 0 Å². The van der Waals surface area contributed by atoms with Gasteiger partial charge in [0.25, 0.3) is 0 Å². The first-order valence-electron chi connectivity index (χ1n) is 9.76. The maximum atomic E-state index is 12.2. The SMILES string of the molecule is CC(=O)[C@@H]1C[C@H]2CCCC[C@H]2CN1C[C@@H](O)[C@@H](N)Cc1ccccc1. The lowest BCUT2D eigenvalue weighted by Gasteiger charge is -2.46. The van der Waals surface area contributed by atoms with Crippen molar-refractivity contribution in [1.82, 2.24) is 4.90 Å². The lowest BCUT2D eigenvalue weighted by atomic mass is 9.72. The van der Waals surface area contributed by atoms with E-state index in [1.807, 2.05) is 30.3 Å². The molecule has 1 saturated heterocycles. The van der Waals surface area contributed by atoms with E-state index in [9.17, 15) is 9.90 Å². The predicted octanol–water partition coefficient (Wildman–Crippen LogP) is 2.39. The molecule has 1 heterocycles. The van der Waals surface area contributed by atoms with Crippen LogP contribution in [0.25, 0.3) is 0 Å². The molecule has 0 radical (unpaired) electrons. The minimum atomic E-state index is -0.609. The second kappa shape index (κ2) is 8.43. The van der Waals surface area contributed by atoms with Crippen LogP contribution in [-0.2, 0) is 11.2 Å². The van der Waals surface area contributed by atoms with Crippen molar-refractivity contribution in [1.29, 1.82) is 0 Å². The zero-order valence-electron chi connectivity index (χ0n) is 15.3. The number of hydrogen-bond acceptors (Lipinski definition) is 4. The van der Waals surface area contributed by atoms with Crippen molar-refractivity contribution in [3.8, 4) is 0 Å². The Morgan fingerprint density at radius 1 is 1.24 bits per heavy atom. The number of benzene rings is 1. The Bertz CT molecular complexity index is 562. The first-order chi connectivity index (χ1) is 12.0. The highest BCUT2D eigenvalue weighted by Crippen LogP contribution is 2.38. The van der Waals surface area contributed by atoms with Crippen molar-refractivity contribution in [2.75, 3.05) is 13.1 Å². The van der Waals surface area contributed by atoms with E-state index in [-0.39, 0.29) is 17.9 Å². The second-order valence-electron chi connectivity index (χ2n) is 8.04. The largest absolute Gasteiger partial charge is 0.390 e. The van der Waals surface area contributed by atoms with Gasteiger partial charge in [-0.25, -0.2) is 0 Å². The van der Waals surface area contributed by atoms with Crippen molar-refractivity contribution in [2.45, 2.75) is 63.6 Å². The summed E-state index contributed by atoms with van der Waals surface area (Å²) in [6.07, 6.45) is 6.14. The summed E-state index contributed by atoms with van der Waals surface area (Å²) in [4.78, 5) is 14.4. The van der Waals surface area contributed by atoms with Crippen LogP contribution in [0.3, 0.4) is 0 Å². The fraction of sp³-hybridized carbons (Fsp3) is 0.667. The highest BCUT2D eigenvalue weighted by atomic mass is 16.3. The molecule has 1 aromatic rings. The number of aliphatic hydroxyl groups excluding tert-OH is 1. The smallest absolute Gasteiger partial charge is 0.146 e. The van der Waals surface area contributed by atoms with Crippen molar-refractivity contribution in [3.05, 3.63) is 35.9 Å². The molecule has 1 aliphatic carbocycles. The molecule has 3 N–H and O–H groups in total. The molecule has 0 bridgehead atoms. The first kappa shape index (κ1) is 18.6. The van der Waals surface area contributed by atoms with Gasteiger partial charge in [-0.2, -0.15) is 0 Å². The molecule has 0 amide bonds. The van der Waals surface area contributed by atoms with E-state index in [0.29, 0.717) is 24.8 Å². The molecule has 1 saturated carbocycles. The Balaban J connectivity index is 1.61. The zero-order valence-corrected chi connectivity index (χ0v) is 15.3. The van der Waals surface area contributed by atoms with Gasteiger partial charge in [0, 0.05) is 19.1 Å². The number of ketones is 1. The van der Waals surface area contributed by atoms with E-state index in [0.717, 1.165) is 18.5 Å². The number of carbonyl (C=O) groups is 1. The molecule has 25 heavy (non-hydrogen) atoms. The van der Waals surface area contributed by atoms with Crippen LogP contribution >= 0.6 is 0 Å². The summed E-state index contributed by atoms with van der Waals surface area (Å²) in [6.45, 7) is 3.13. The van der Waals surface area contributed by atoms with Gasteiger partial charge in [-0.05, 0) is 43.6 Å². The molecule has 3 rings (SSSR count). The third-order valence-corrected chi connectivity index (χ3v) is 6.20. The summed E-state index contributed by atoms with van der Waals surface area (Å²) in [5, 5.41) is 10.6. The molecular formula is C21H32N2O2. The third-order valence-electron chi connectivity index (χ3n) is 6.20. The fourth-order valence-electron chi connectivity index (χ4n) is 4.72. The predicted molar refractivity (Wildman–Crippen MR) is 100 cm³/mol. The average molecular weight is 344 g/mol. The van der Waals surface area contributed by atoms with Crippen LogP contribution in [0.2, 0.25) is 0 Å². The molecule has 0 unspecified atom stereocenters. The lowest BCUT2D eigenvalue weighted by Crippen LogP contribution is -2.55. The highest BCUT2D eigenvalue weighted by Gasteiger charge is 2.39. The van der Waals surface area contributed by atoms with E-state index in [1.54, 1.807) is 6.92 Å².